The Kier molecular flexibility index (Phi) is 5.67. The van der Waals surface area contributed by atoms with Crippen LogP contribution in [0.5, 0.6) is 5.88 Å². The zero-order valence-corrected chi connectivity index (χ0v) is 14.0. The molecular weight excluding hydrogens is 328 g/mol. The highest BCUT2D eigenvalue weighted by atomic mass is 35.5. The summed E-state index contributed by atoms with van der Waals surface area (Å²) in [6.07, 6.45) is 3.20. The summed E-state index contributed by atoms with van der Waals surface area (Å²) in [7, 11) is 0. The van der Waals surface area contributed by atoms with Gasteiger partial charge in [0.1, 0.15) is 6.10 Å². The maximum absolute atomic E-state index is 12.1. The number of pyridine rings is 1. The third kappa shape index (κ3) is 4.69. The van der Waals surface area contributed by atoms with E-state index in [1.54, 1.807) is 12.1 Å². The Labute approximate surface area is 145 Å². The fourth-order valence-corrected chi connectivity index (χ4v) is 2.56. The molecule has 1 amide bonds. The highest BCUT2D eigenvalue weighted by Crippen LogP contribution is 2.14. The number of aromatic nitrogens is 1. The van der Waals surface area contributed by atoms with Crippen molar-refractivity contribution in [3.05, 3.63) is 58.7 Å². The quantitative estimate of drug-likeness (QED) is 0.873. The Morgan fingerprint density at radius 2 is 2.12 bits per heavy atom. The zero-order chi connectivity index (χ0) is 16.8. The summed E-state index contributed by atoms with van der Waals surface area (Å²) in [4.78, 5) is 16.3. The molecule has 2 heterocycles. The summed E-state index contributed by atoms with van der Waals surface area (Å²) in [6, 6.07) is 11.0. The molecule has 2 aromatic rings. The number of nitrogens with zero attached hydrogens (tertiary/aromatic N) is 1. The predicted molar refractivity (Wildman–Crippen MR) is 91.6 cm³/mol. The summed E-state index contributed by atoms with van der Waals surface area (Å²) < 4.78 is 10.9. The molecule has 1 N–H and O–H groups in total. The standard InChI is InChI=1S/C18H19ClN2O3/c19-15-4-1-13(2-5-15)7-9-20-18(22)14-3-6-17(21-11-14)24-16-8-10-23-12-16/h1-6,11,16H,7-10,12H2,(H,20,22)/t16-/m1/s1. The minimum Gasteiger partial charge on any atom is -0.472 e. The maximum Gasteiger partial charge on any atom is 0.252 e. The van der Waals surface area contributed by atoms with Crippen LogP contribution in [0.25, 0.3) is 0 Å². The van der Waals surface area contributed by atoms with Gasteiger partial charge < -0.3 is 14.8 Å². The van der Waals surface area contributed by atoms with Gasteiger partial charge in [-0.3, -0.25) is 4.79 Å². The maximum atomic E-state index is 12.1. The highest BCUT2D eigenvalue weighted by Gasteiger charge is 2.17. The highest BCUT2D eigenvalue weighted by molar-refractivity contribution is 6.30. The molecule has 6 heteroatoms. The van der Waals surface area contributed by atoms with Crippen molar-refractivity contribution in [3.8, 4) is 5.88 Å². The summed E-state index contributed by atoms with van der Waals surface area (Å²) in [5.41, 5.74) is 1.64. The molecule has 3 rings (SSSR count). The number of carbonyl (C=O) groups excluding carboxylic acids is 1. The number of rotatable bonds is 6. The van der Waals surface area contributed by atoms with E-state index in [2.05, 4.69) is 10.3 Å². The molecule has 0 saturated carbocycles. The van der Waals surface area contributed by atoms with Gasteiger partial charge in [0.15, 0.2) is 0 Å². The monoisotopic (exact) mass is 346 g/mol. The molecule has 1 fully saturated rings. The van der Waals surface area contributed by atoms with Crippen LogP contribution in [0, 0.1) is 0 Å². The van der Waals surface area contributed by atoms with Crippen molar-refractivity contribution in [1.29, 1.82) is 0 Å². The van der Waals surface area contributed by atoms with Crippen molar-refractivity contribution < 1.29 is 14.3 Å². The molecule has 5 nitrogen and oxygen atoms in total. The molecule has 1 aliphatic heterocycles. The molecule has 24 heavy (non-hydrogen) atoms. The number of hydrogen-bond donors (Lipinski definition) is 1. The number of amides is 1. The Morgan fingerprint density at radius 1 is 1.29 bits per heavy atom. The summed E-state index contributed by atoms with van der Waals surface area (Å²) in [5, 5.41) is 3.59. The van der Waals surface area contributed by atoms with Gasteiger partial charge in [-0.15, -0.1) is 0 Å². The zero-order valence-electron chi connectivity index (χ0n) is 13.2. The van der Waals surface area contributed by atoms with Crippen LogP contribution in [0.4, 0.5) is 0 Å². The van der Waals surface area contributed by atoms with E-state index in [1.807, 2.05) is 24.3 Å². The second kappa shape index (κ2) is 8.13. The third-order valence-electron chi connectivity index (χ3n) is 3.79. The van der Waals surface area contributed by atoms with E-state index in [4.69, 9.17) is 21.1 Å². The van der Waals surface area contributed by atoms with Crippen molar-refractivity contribution in [2.45, 2.75) is 18.9 Å². The fourth-order valence-electron chi connectivity index (χ4n) is 2.43. The van der Waals surface area contributed by atoms with E-state index < -0.39 is 0 Å². The average Bonchev–Trinajstić information content (AvgIpc) is 3.10. The van der Waals surface area contributed by atoms with Gasteiger partial charge in [-0.25, -0.2) is 4.98 Å². The predicted octanol–water partition coefficient (Wildman–Crippen LogP) is 2.88. The molecule has 1 aromatic carbocycles. The smallest absolute Gasteiger partial charge is 0.252 e. The average molecular weight is 347 g/mol. The van der Waals surface area contributed by atoms with E-state index in [9.17, 15) is 4.79 Å². The van der Waals surface area contributed by atoms with Crippen LogP contribution in [0.1, 0.15) is 22.3 Å². The number of hydrogen-bond acceptors (Lipinski definition) is 4. The van der Waals surface area contributed by atoms with Gasteiger partial charge in [-0.2, -0.15) is 0 Å². The molecule has 0 radical (unpaired) electrons. The van der Waals surface area contributed by atoms with Gasteiger partial charge >= 0.3 is 0 Å². The van der Waals surface area contributed by atoms with Gasteiger partial charge in [0, 0.05) is 30.3 Å². The summed E-state index contributed by atoms with van der Waals surface area (Å²) in [6.45, 7) is 1.87. The van der Waals surface area contributed by atoms with Crippen molar-refractivity contribution >= 4 is 17.5 Å². The van der Waals surface area contributed by atoms with Crippen LogP contribution in [0.15, 0.2) is 42.6 Å². The van der Waals surface area contributed by atoms with Crippen LogP contribution in [0.3, 0.4) is 0 Å². The van der Waals surface area contributed by atoms with Crippen LogP contribution in [-0.2, 0) is 11.2 Å². The van der Waals surface area contributed by atoms with E-state index in [0.29, 0.717) is 29.6 Å². The van der Waals surface area contributed by atoms with Gasteiger partial charge in [0.05, 0.1) is 18.8 Å². The first-order valence-corrected chi connectivity index (χ1v) is 8.31. The van der Waals surface area contributed by atoms with Gasteiger partial charge in [-0.05, 0) is 30.2 Å². The van der Waals surface area contributed by atoms with Gasteiger partial charge in [0.2, 0.25) is 5.88 Å². The van der Waals surface area contributed by atoms with E-state index in [1.165, 1.54) is 6.20 Å². The topological polar surface area (TPSA) is 60.5 Å². The van der Waals surface area contributed by atoms with E-state index in [0.717, 1.165) is 25.0 Å². The lowest BCUT2D eigenvalue weighted by atomic mass is 10.1. The molecule has 126 valence electrons. The first-order chi connectivity index (χ1) is 11.7. The number of ether oxygens (including phenoxy) is 2. The minimum absolute atomic E-state index is 0.0524. The Hall–Kier alpha value is -2.11. The molecule has 0 unspecified atom stereocenters. The second-order valence-electron chi connectivity index (χ2n) is 5.62. The summed E-state index contributed by atoms with van der Waals surface area (Å²) >= 11 is 5.85. The molecule has 1 saturated heterocycles. The van der Waals surface area contributed by atoms with Crippen LogP contribution < -0.4 is 10.1 Å². The van der Waals surface area contributed by atoms with E-state index in [-0.39, 0.29) is 12.0 Å². The molecule has 0 spiro atoms. The first-order valence-electron chi connectivity index (χ1n) is 7.94. The number of carbonyl (C=O) groups is 1. The molecule has 1 aliphatic rings. The van der Waals surface area contributed by atoms with Crippen molar-refractivity contribution in [2.24, 2.45) is 0 Å². The van der Waals surface area contributed by atoms with E-state index >= 15 is 0 Å². The Morgan fingerprint density at radius 3 is 2.79 bits per heavy atom. The molecule has 0 aliphatic carbocycles. The molecular formula is C18H19ClN2O3. The SMILES string of the molecule is O=C(NCCc1ccc(Cl)cc1)c1ccc(O[C@@H]2CCOC2)nc1. The number of benzene rings is 1. The van der Waals surface area contributed by atoms with Crippen molar-refractivity contribution in [3.63, 3.8) is 0 Å². The minimum atomic E-state index is -0.146. The van der Waals surface area contributed by atoms with Crippen LogP contribution in [-0.4, -0.2) is 36.8 Å². The molecule has 1 aromatic heterocycles. The van der Waals surface area contributed by atoms with Crippen LogP contribution >= 0.6 is 11.6 Å². The number of halogens is 1. The summed E-state index contributed by atoms with van der Waals surface area (Å²) in [5.74, 6) is 0.371. The van der Waals surface area contributed by atoms with Crippen LogP contribution in [0.2, 0.25) is 5.02 Å². The fraction of sp³-hybridized carbons (Fsp3) is 0.333. The second-order valence-corrected chi connectivity index (χ2v) is 6.06. The Bertz CT molecular complexity index is 668. The molecule has 1 atom stereocenters. The number of nitrogens with one attached hydrogen (secondary N) is 1. The Balaban J connectivity index is 1.46. The lowest BCUT2D eigenvalue weighted by Gasteiger charge is -2.11. The van der Waals surface area contributed by atoms with Gasteiger partial charge in [0.25, 0.3) is 5.91 Å². The van der Waals surface area contributed by atoms with Crippen molar-refractivity contribution in [2.75, 3.05) is 19.8 Å². The largest absolute Gasteiger partial charge is 0.472 e. The molecule has 0 bridgehead atoms. The van der Waals surface area contributed by atoms with Crippen molar-refractivity contribution in [1.82, 2.24) is 10.3 Å². The lowest BCUT2D eigenvalue weighted by Crippen LogP contribution is -2.25. The third-order valence-corrected chi connectivity index (χ3v) is 4.04. The first kappa shape index (κ1) is 16.7. The normalized spacial score (nSPS) is 16.8. The van der Waals surface area contributed by atoms with Gasteiger partial charge in [-0.1, -0.05) is 23.7 Å². The lowest BCUT2D eigenvalue weighted by molar-refractivity contribution is 0.0953.